The topological polar surface area (TPSA) is 38.3 Å². The van der Waals surface area contributed by atoms with Crippen LogP contribution in [0.5, 0.6) is 5.75 Å². The Morgan fingerprint density at radius 2 is 2.09 bits per heavy atom. The van der Waals surface area contributed by atoms with Crippen LogP contribution in [0.3, 0.4) is 0 Å². The Morgan fingerprint density at radius 3 is 2.91 bits per heavy atom. The second-order valence-electron chi connectivity index (χ2n) is 7.24. The number of benzene rings is 1. The fourth-order valence-electron chi connectivity index (χ4n) is 4.69. The minimum atomic E-state index is 0.0472. The zero-order valence-electron chi connectivity index (χ0n) is 13.1. The largest absolute Gasteiger partial charge is 0.483 e. The summed E-state index contributed by atoms with van der Waals surface area (Å²) in [5.74, 6) is 2.54. The SMILES string of the molecule is O=C(COc1cccc2c1CCCC2)N[C@H]1C[C@H]2CC[C@H]1C2. The fourth-order valence-corrected chi connectivity index (χ4v) is 4.69. The van der Waals surface area contributed by atoms with Crippen LogP contribution >= 0.6 is 0 Å². The van der Waals surface area contributed by atoms with Crippen molar-refractivity contribution in [3.05, 3.63) is 29.3 Å². The molecule has 0 unspecified atom stereocenters. The van der Waals surface area contributed by atoms with Gasteiger partial charge in [0.1, 0.15) is 5.75 Å². The third-order valence-electron chi connectivity index (χ3n) is 5.80. The number of carbonyl (C=O) groups is 1. The van der Waals surface area contributed by atoms with Crippen LogP contribution in [0.2, 0.25) is 0 Å². The molecule has 0 aliphatic heterocycles. The molecule has 4 rings (SSSR count). The first-order valence-electron chi connectivity index (χ1n) is 8.82. The molecule has 2 saturated carbocycles. The lowest BCUT2D eigenvalue weighted by Gasteiger charge is -2.23. The fraction of sp³-hybridized carbons (Fsp3) is 0.632. The van der Waals surface area contributed by atoms with Gasteiger partial charge in [-0.05, 0) is 74.0 Å². The van der Waals surface area contributed by atoms with Crippen LogP contribution in [-0.2, 0) is 17.6 Å². The second-order valence-corrected chi connectivity index (χ2v) is 7.24. The van der Waals surface area contributed by atoms with Crippen molar-refractivity contribution in [2.24, 2.45) is 11.8 Å². The minimum absolute atomic E-state index is 0.0472. The molecule has 0 radical (unpaired) electrons. The van der Waals surface area contributed by atoms with E-state index in [-0.39, 0.29) is 12.5 Å². The van der Waals surface area contributed by atoms with Crippen molar-refractivity contribution in [1.29, 1.82) is 0 Å². The molecule has 2 fully saturated rings. The van der Waals surface area contributed by atoms with Gasteiger partial charge in [-0.3, -0.25) is 4.79 Å². The van der Waals surface area contributed by atoms with E-state index >= 15 is 0 Å². The maximum Gasteiger partial charge on any atom is 0.258 e. The number of rotatable bonds is 4. The quantitative estimate of drug-likeness (QED) is 0.927. The summed E-state index contributed by atoms with van der Waals surface area (Å²) < 4.78 is 5.84. The number of amides is 1. The van der Waals surface area contributed by atoms with Gasteiger partial charge in [0, 0.05) is 6.04 Å². The predicted octanol–water partition coefficient (Wildman–Crippen LogP) is 3.25. The Kier molecular flexibility index (Phi) is 3.81. The van der Waals surface area contributed by atoms with Crippen molar-refractivity contribution in [3.63, 3.8) is 0 Å². The number of hydrogen-bond donors (Lipinski definition) is 1. The van der Waals surface area contributed by atoms with E-state index in [1.807, 2.05) is 12.1 Å². The van der Waals surface area contributed by atoms with Crippen molar-refractivity contribution >= 4 is 5.91 Å². The third-order valence-corrected chi connectivity index (χ3v) is 5.80. The predicted molar refractivity (Wildman–Crippen MR) is 86.0 cm³/mol. The Bertz CT molecular complexity index is 569. The molecule has 1 aromatic rings. The Morgan fingerprint density at radius 1 is 1.18 bits per heavy atom. The maximum absolute atomic E-state index is 12.2. The molecule has 1 N–H and O–H groups in total. The van der Waals surface area contributed by atoms with E-state index in [1.165, 1.54) is 49.7 Å². The van der Waals surface area contributed by atoms with Gasteiger partial charge in [-0.15, -0.1) is 0 Å². The summed E-state index contributed by atoms with van der Waals surface area (Å²) in [6.45, 7) is 0.157. The standard InChI is InChI=1S/C19H25NO2/c21-19(20-17-11-13-8-9-15(17)10-13)12-22-18-7-3-5-14-4-1-2-6-16(14)18/h3,5,7,13,15,17H,1-2,4,6,8-12H2,(H,20,21)/t13-,15-,17-/m0/s1. The molecule has 1 aromatic carbocycles. The average Bonchev–Trinajstić information content (AvgIpc) is 3.15. The van der Waals surface area contributed by atoms with Crippen LogP contribution in [0, 0.1) is 11.8 Å². The van der Waals surface area contributed by atoms with Gasteiger partial charge in [-0.25, -0.2) is 0 Å². The van der Waals surface area contributed by atoms with Crippen LogP contribution in [0.4, 0.5) is 0 Å². The third kappa shape index (κ3) is 2.73. The van der Waals surface area contributed by atoms with Gasteiger partial charge in [0.2, 0.25) is 0 Å². The lowest BCUT2D eigenvalue weighted by atomic mass is 9.91. The van der Waals surface area contributed by atoms with E-state index in [2.05, 4.69) is 11.4 Å². The van der Waals surface area contributed by atoms with Gasteiger partial charge in [0.05, 0.1) is 0 Å². The zero-order valence-corrected chi connectivity index (χ0v) is 13.1. The number of hydrogen-bond acceptors (Lipinski definition) is 2. The summed E-state index contributed by atoms with van der Waals surface area (Å²) in [7, 11) is 0. The minimum Gasteiger partial charge on any atom is -0.483 e. The normalized spacial score (nSPS) is 29.2. The highest BCUT2D eigenvalue weighted by Crippen LogP contribution is 2.44. The average molecular weight is 299 g/mol. The summed E-state index contributed by atoms with van der Waals surface area (Å²) >= 11 is 0. The van der Waals surface area contributed by atoms with E-state index in [0.717, 1.165) is 30.4 Å². The molecule has 1 amide bonds. The smallest absolute Gasteiger partial charge is 0.258 e. The molecule has 3 atom stereocenters. The molecule has 0 spiro atoms. The summed E-state index contributed by atoms with van der Waals surface area (Å²) in [5, 5.41) is 3.20. The number of nitrogens with one attached hydrogen (secondary N) is 1. The Labute approximate surface area is 132 Å². The van der Waals surface area contributed by atoms with E-state index in [1.54, 1.807) is 0 Å². The van der Waals surface area contributed by atoms with E-state index < -0.39 is 0 Å². The lowest BCUT2D eigenvalue weighted by Crippen LogP contribution is -2.41. The number of fused-ring (bicyclic) bond motifs is 3. The van der Waals surface area contributed by atoms with Crippen LogP contribution in [0.15, 0.2) is 18.2 Å². The molecule has 0 saturated heterocycles. The second kappa shape index (κ2) is 5.94. The monoisotopic (exact) mass is 299 g/mol. The maximum atomic E-state index is 12.2. The molecule has 0 heterocycles. The summed E-state index contributed by atoms with van der Waals surface area (Å²) in [6, 6.07) is 6.65. The van der Waals surface area contributed by atoms with Crippen LogP contribution in [0.1, 0.15) is 49.7 Å². The number of ether oxygens (including phenoxy) is 1. The molecule has 118 valence electrons. The summed E-state index contributed by atoms with van der Waals surface area (Å²) in [6.07, 6.45) is 9.87. The van der Waals surface area contributed by atoms with Crippen molar-refractivity contribution in [1.82, 2.24) is 5.32 Å². The van der Waals surface area contributed by atoms with Crippen molar-refractivity contribution in [3.8, 4) is 5.75 Å². The Hall–Kier alpha value is -1.51. The van der Waals surface area contributed by atoms with E-state index in [9.17, 15) is 4.79 Å². The Balaban J connectivity index is 1.34. The number of aryl methyl sites for hydroxylation is 1. The van der Waals surface area contributed by atoms with Gasteiger partial charge < -0.3 is 10.1 Å². The van der Waals surface area contributed by atoms with Crippen molar-refractivity contribution in [2.75, 3.05) is 6.61 Å². The highest BCUT2D eigenvalue weighted by Gasteiger charge is 2.40. The first kappa shape index (κ1) is 14.1. The molecule has 0 aromatic heterocycles. The lowest BCUT2D eigenvalue weighted by molar-refractivity contribution is -0.124. The van der Waals surface area contributed by atoms with Crippen molar-refractivity contribution in [2.45, 2.75) is 57.4 Å². The van der Waals surface area contributed by atoms with Gasteiger partial charge in [-0.2, -0.15) is 0 Å². The number of carbonyl (C=O) groups excluding carboxylic acids is 1. The van der Waals surface area contributed by atoms with Gasteiger partial charge in [0.15, 0.2) is 6.61 Å². The highest BCUT2D eigenvalue weighted by atomic mass is 16.5. The highest BCUT2D eigenvalue weighted by molar-refractivity contribution is 5.78. The molecule has 3 aliphatic rings. The summed E-state index contributed by atoms with van der Waals surface area (Å²) in [5.41, 5.74) is 2.72. The first-order valence-corrected chi connectivity index (χ1v) is 8.82. The van der Waals surface area contributed by atoms with Crippen LogP contribution in [-0.4, -0.2) is 18.6 Å². The summed E-state index contributed by atoms with van der Waals surface area (Å²) in [4.78, 5) is 12.2. The van der Waals surface area contributed by atoms with Crippen LogP contribution < -0.4 is 10.1 Å². The molecular weight excluding hydrogens is 274 g/mol. The molecule has 3 heteroatoms. The molecule has 2 bridgehead atoms. The molecule has 3 aliphatic carbocycles. The molecule has 22 heavy (non-hydrogen) atoms. The molecular formula is C19H25NO2. The van der Waals surface area contributed by atoms with Crippen LogP contribution in [0.25, 0.3) is 0 Å². The first-order chi connectivity index (χ1) is 10.8. The van der Waals surface area contributed by atoms with Gasteiger partial charge in [0.25, 0.3) is 5.91 Å². The van der Waals surface area contributed by atoms with E-state index in [0.29, 0.717) is 6.04 Å². The zero-order chi connectivity index (χ0) is 14.9. The van der Waals surface area contributed by atoms with Gasteiger partial charge in [-0.1, -0.05) is 18.6 Å². The van der Waals surface area contributed by atoms with Crippen molar-refractivity contribution < 1.29 is 9.53 Å². The van der Waals surface area contributed by atoms with Gasteiger partial charge >= 0.3 is 0 Å². The van der Waals surface area contributed by atoms with E-state index in [4.69, 9.17) is 4.74 Å². The molecule has 3 nitrogen and oxygen atoms in total.